The maximum absolute atomic E-state index is 5.65. The first-order valence-corrected chi connectivity index (χ1v) is 6.49. The van der Waals surface area contributed by atoms with Crippen LogP contribution in [0, 0.1) is 0 Å². The van der Waals surface area contributed by atoms with Gasteiger partial charge in [0.05, 0.1) is 0 Å². The lowest BCUT2D eigenvalue weighted by Gasteiger charge is -2.23. The summed E-state index contributed by atoms with van der Waals surface area (Å²) in [7, 11) is 2.11. The van der Waals surface area contributed by atoms with Crippen molar-refractivity contribution in [3.05, 3.63) is 23.8 Å². The molecule has 2 N–H and O–H groups in total. The second kappa shape index (κ2) is 6.07. The summed E-state index contributed by atoms with van der Waals surface area (Å²) >= 11 is 0. The Morgan fingerprint density at radius 2 is 2.00 bits per heavy atom. The lowest BCUT2D eigenvalue weighted by Crippen LogP contribution is -2.36. The minimum atomic E-state index is 0.419. The van der Waals surface area contributed by atoms with Gasteiger partial charge in [0, 0.05) is 19.1 Å². The van der Waals surface area contributed by atoms with Gasteiger partial charge < -0.3 is 20.1 Å². The zero-order valence-corrected chi connectivity index (χ0v) is 11.2. The standard InChI is InChI=1S/C14H22N2O2/c1-11(10-15)16(2)6-5-12-3-4-13-14(9-12)18-8-7-17-13/h3-4,9,11H,5-8,10,15H2,1-2H3. The molecule has 1 aliphatic rings. The van der Waals surface area contributed by atoms with Crippen molar-refractivity contribution in [3.63, 3.8) is 0 Å². The Morgan fingerprint density at radius 1 is 1.28 bits per heavy atom. The Labute approximate surface area is 109 Å². The van der Waals surface area contributed by atoms with Gasteiger partial charge in [0.25, 0.3) is 0 Å². The van der Waals surface area contributed by atoms with E-state index >= 15 is 0 Å². The van der Waals surface area contributed by atoms with Crippen LogP contribution in [0.5, 0.6) is 11.5 Å². The zero-order chi connectivity index (χ0) is 13.0. The number of fused-ring (bicyclic) bond motifs is 1. The minimum Gasteiger partial charge on any atom is -0.486 e. The molecule has 1 aromatic carbocycles. The van der Waals surface area contributed by atoms with E-state index in [-0.39, 0.29) is 0 Å². The largest absolute Gasteiger partial charge is 0.486 e. The summed E-state index contributed by atoms with van der Waals surface area (Å²) in [5.41, 5.74) is 6.93. The van der Waals surface area contributed by atoms with Gasteiger partial charge in [-0.15, -0.1) is 0 Å². The van der Waals surface area contributed by atoms with Crippen molar-refractivity contribution in [3.8, 4) is 11.5 Å². The fourth-order valence-electron chi connectivity index (χ4n) is 1.95. The van der Waals surface area contributed by atoms with Crippen LogP contribution in [-0.4, -0.2) is 44.3 Å². The van der Waals surface area contributed by atoms with E-state index in [1.807, 2.05) is 6.07 Å². The van der Waals surface area contributed by atoms with E-state index in [2.05, 4.69) is 31.0 Å². The van der Waals surface area contributed by atoms with Gasteiger partial charge in [0.15, 0.2) is 11.5 Å². The highest BCUT2D eigenvalue weighted by Crippen LogP contribution is 2.30. The summed E-state index contributed by atoms with van der Waals surface area (Å²) in [6.07, 6.45) is 0.997. The number of nitrogens with zero attached hydrogens (tertiary/aromatic N) is 1. The molecule has 0 bridgehead atoms. The van der Waals surface area contributed by atoms with E-state index in [0.29, 0.717) is 25.8 Å². The lowest BCUT2D eigenvalue weighted by atomic mass is 10.1. The van der Waals surface area contributed by atoms with Crippen molar-refractivity contribution in [1.29, 1.82) is 0 Å². The van der Waals surface area contributed by atoms with Crippen LogP contribution in [0.2, 0.25) is 0 Å². The van der Waals surface area contributed by atoms with Gasteiger partial charge in [-0.1, -0.05) is 6.07 Å². The van der Waals surface area contributed by atoms with Crippen LogP contribution >= 0.6 is 0 Å². The van der Waals surface area contributed by atoms with Crippen molar-refractivity contribution < 1.29 is 9.47 Å². The molecule has 0 amide bonds. The molecule has 0 radical (unpaired) electrons. The molecule has 0 saturated heterocycles. The van der Waals surface area contributed by atoms with Gasteiger partial charge in [0.2, 0.25) is 0 Å². The van der Waals surface area contributed by atoms with Crippen LogP contribution in [0.25, 0.3) is 0 Å². The van der Waals surface area contributed by atoms with Crippen molar-refractivity contribution in [2.75, 3.05) is 33.4 Å². The number of likely N-dealkylation sites (N-methyl/N-ethyl adjacent to an activating group) is 1. The Morgan fingerprint density at radius 3 is 2.72 bits per heavy atom. The third-order valence-electron chi connectivity index (χ3n) is 3.45. The van der Waals surface area contributed by atoms with E-state index in [1.54, 1.807) is 0 Å². The molecule has 0 fully saturated rings. The zero-order valence-electron chi connectivity index (χ0n) is 11.2. The molecule has 1 heterocycles. The first-order valence-electron chi connectivity index (χ1n) is 6.49. The third-order valence-corrected chi connectivity index (χ3v) is 3.45. The fraction of sp³-hybridized carbons (Fsp3) is 0.571. The van der Waals surface area contributed by atoms with Gasteiger partial charge in [-0.25, -0.2) is 0 Å². The number of ether oxygens (including phenoxy) is 2. The van der Waals surface area contributed by atoms with Crippen LogP contribution < -0.4 is 15.2 Å². The van der Waals surface area contributed by atoms with Crippen LogP contribution in [0.4, 0.5) is 0 Å². The number of nitrogens with two attached hydrogens (primary N) is 1. The maximum Gasteiger partial charge on any atom is 0.161 e. The van der Waals surface area contributed by atoms with Crippen molar-refractivity contribution in [2.45, 2.75) is 19.4 Å². The summed E-state index contributed by atoms with van der Waals surface area (Å²) in [4.78, 5) is 2.27. The summed E-state index contributed by atoms with van der Waals surface area (Å²) in [5, 5.41) is 0. The third kappa shape index (κ3) is 3.15. The molecular weight excluding hydrogens is 228 g/mol. The maximum atomic E-state index is 5.65. The topological polar surface area (TPSA) is 47.7 Å². The molecule has 100 valence electrons. The molecule has 18 heavy (non-hydrogen) atoms. The van der Waals surface area contributed by atoms with Crippen LogP contribution in [0.15, 0.2) is 18.2 Å². The van der Waals surface area contributed by atoms with E-state index in [0.717, 1.165) is 24.5 Å². The predicted octanol–water partition coefficient (Wildman–Crippen LogP) is 1.28. The number of hydrogen-bond acceptors (Lipinski definition) is 4. The summed E-state index contributed by atoms with van der Waals surface area (Å²) < 4.78 is 11.1. The number of rotatable bonds is 5. The second-order valence-electron chi connectivity index (χ2n) is 4.79. The molecule has 4 nitrogen and oxygen atoms in total. The van der Waals surface area contributed by atoms with E-state index < -0.39 is 0 Å². The highest BCUT2D eigenvalue weighted by molar-refractivity contribution is 5.43. The van der Waals surface area contributed by atoms with Gasteiger partial charge in [-0.05, 0) is 38.1 Å². The smallest absolute Gasteiger partial charge is 0.161 e. The Kier molecular flexibility index (Phi) is 4.44. The quantitative estimate of drug-likeness (QED) is 0.855. The van der Waals surface area contributed by atoms with Crippen LogP contribution in [-0.2, 0) is 6.42 Å². The first-order chi connectivity index (χ1) is 8.70. The molecule has 1 unspecified atom stereocenters. The Hall–Kier alpha value is -1.26. The molecule has 2 rings (SSSR count). The molecule has 0 aliphatic carbocycles. The monoisotopic (exact) mass is 250 g/mol. The molecule has 4 heteroatoms. The molecule has 1 atom stereocenters. The molecule has 0 saturated carbocycles. The fourth-order valence-corrected chi connectivity index (χ4v) is 1.95. The predicted molar refractivity (Wildman–Crippen MR) is 72.3 cm³/mol. The summed E-state index contributed by atoms with van der Waals surface area (Å²) in [6, 6.07) is 6.60. The van der Waals surface area contributed by atoms with E-state index in [1.165, 1.54) is 5.56 Å². The lowest BCUT2D eigenvalue weighted by molar-refractivity contribution is 0.171. The summed E-state index contributed by atoms with van der Waals surface area (Å²) in [6.45, 7) is 5.11. The van der Waals surface area contributed by atoms with Crippen LogP contribution in [0.1, 0.15) is 12.5 Å². The van der Waals surface area contributed by atoms with Gasteiger partial charge >= 0.3 is 0 Å². The molecule has 1 aliphatic heterocycles. The normalized spacial score (nSPS) is 15.8. The second-order valence-corrected chi connectivity index (χ2v) is 4.79. The molecule has 0 spiro atoms. The average Bonchev–Trinajstić information content (AvgIpc) is 2.43. The highest BCUT2D eigenvalue weighted by Gasteiger charge is 2.12. The highest BCUT2D eigenvalue weighted by atomic mass is 16.6. The van der Waals surface area contributed by atoms with E-state index in [9.17, 15) is 0 Å². The van der Waals surface area contributed by atoms with E-state index in [4.69, 9.17) is 15.2 Å². The van der Waals surface area contributed by atoms with Crippen LogP contribution in [0.3, 0.4) is 0 Å². The van der Waals surface area contributed by atoms with Gasteiger partial charge in [-0.3, -0.25) is 0 Å². The first kappa shape index (κ1) is 13.2. The Balaban J connectivity index is 1.94. The van der Waals surface area contributed by atoms with Crippen molar-refractivity contribution >= 4 is 0 Å². The minimum absolute atomic E-state index is 0.419. The molecule has 1 aromatic rings. The number of hydrogen-bond donors (Lipinski definition) is 1. The van der Waals surface area contributed by atoms with Gasteiger partial charge in [-0.2, -0.15) is 0 Å². The SMILES string of the molecule is CC(CN)N(C)CCc1ccc2c(c1)OCCO2. The molecule has 0 aromatic heterocycles. The average molecular weight is 250 g/mol. The summed E-state index contributed by atoms with van der Waals surface area (Å²) in [5.74, 6) is 1.72. The van der Waals surface area contributed by atoms with Crippen molar-refractivity contribution in [1.82, 2.24) is 4.90 Å². The van der Waals surface area contributed by atoms with Gasteiger partial charge in [0.1, 0.15) is 13.2 Å². The number of benzene rings is 1. The van der Waals surface area contributed by atoms with Crippen molar-refractivity contribution in [2.24, 2.45) is 5.73 Å². The Bertz CT molecular complexity index is 395. The molecular formula is C14H22N2O2.